The van der Waals surface area contributed by atoms with Gasteiger partial charge in [-0.15, -0.1) is 0 Å². The predicted molar refractivity (Wildman–Crippen MR) is 52.7 cm³/mol. The molecule has 2 rings (SSSR count). The smallest absolute Gasteiger partial charge is 0.184 e. The van der Waals surface area contributed by atoms with Gasteiger partial charge in [-0.25, -0.2) is 0 Å². The van der Waals surface area contributed by atoms with E-state index >= 15 is 0 Å². The maximum Gasteiger partial charge on any atom is 0.184 e. The summed E-state index contributed by atoms with van der Waals surface area (Å²) >= 11 is 0. The fourth-order valence-electron chi connectivity index (χ4n) is 3.06. The van der Waals surface area contributed by atoms with Crippen LogP contribution in [0.25, 0.3) is 0 Å². The molecule has 0 aromatic carbocycles. The minimum Gasteiger partial charge on any atom is -0.196 e. The van der Waals surface area contributed by atoms with Gasteiger partial charge in [-0.05, 0) is 19.8 Å². The third-order valence-corrected chi connectivity index (χ3v) is 3.80. The highest BCUT2D eigenvalue weighted by atomic mass is 14.7. The highest BCUT2D eigenvalue weighted by Gasteiger charge is 2.78. The van der Waals surface area contributed by atoms with Crippen LogP contribution in [-0.4, -0.2) is 0 Å². The lowest BCUT2D eigenvalue weighted by Gasteiger charge is -2.61. The molecule has 1 unspecified atom stereocenters. The second-order valence-electron chi connectivity index (χ2n) is 4.60. The molecule has 2 aliphatic rings. The molecule has 0 amide bonds. The summed E-state index contributed by atoms with van der Waals surface area (Å²) in [6.07, 6.45) is 2.80. The SMILES string of the molecule is CC1=CC2(C1)CC(C#N)(C#N)C2(C#N)C#N. The fraction of sp³-hybridized carbons (Fsp3) is 0.500. The van der Waals surface area contributed by atoms with E-state index in [4.69, 9.17) is 10.5 Å². The topological polar surface area (TPSA) is 95.2 Å². The van der Waals surface area contributed by atoms with Crippen molar-refractivity contribution < 1.29 is 0 Å². The summed E-state index contributed by atoms with van der Waals surface area (Å²) in [5.74, 6) is 0. The molecule has 16 heavy (non-hydrogen) atoms. The Bertz CT molecular complexity index is 530. The van der Waals surface area contributed by atoms with Gasteiger partial charge in [0.25, 0.3) is 0 Å². The minimum absolute atomic E-state index is 0.297. The molecule has 2 aliphatic carbocycles. The Labute approximate surface area is 93.6 Å². The molecule has 0 N–H and O–H groups in total. The van der Waals surface area contributed by atoms with Crippen molar-refractivity contribution in [2.75, 3.05) is 0 Å². The molecular formula is C12H8N4. The third kappa shape index (κ3) is 0.701. The Morgan fingerprint density at radius 2 is 1.56 bits per heavy atom. The second-order valence-corrected chi connectivity index (χ2v) is 4.60. The highest BCUT2D eigenvalue weighted by molar-refractivity contribution is 5.52. The Morgan fingerprint density at radius 1 is 1.06 bits per heavy atom. The summed E-state index contributed by atoms with van der Waals surface area (Å²) in [5, 5.41) is 36.5. The van der Waals surface area contributed by atoms with Crippen LogP contribution in [0.5, 0.6) is 0 Å². The van der Waals surface area contributed by atoms with E-state index in [1.165, 1.54) is 0 Å². The summed E-state index contributed by atoms with van der Waals surface area (Å²) in [5.41, 5.74) is -2.41. The largest absolute Gasteiger partial charge is 0.196 e. The first kappa shape index (κ1) is 10.2. The van der Waals surface area contributed by atoms with Crippen molar-refractivity contribution in [2.24, 2.45) is 16.2 Å². The van der Waals surface area contributed by atoms with E-state index < -0.39 is 16.2 Å². The molecule has 0 bridgehead atoms. The average Bonchev–Trinajstić information content (AvgIpc) is 2.24. The van der Waals surface area contributed by atoms with E-state index in [2.05, 4.69) is 0 Å². The van der Waals surface area contributed by atoms with Gasteiger partial charge < -0.3 is 0 Å². The first-order chi connectivity index (χ1) is 7.55. The van der Waals surface area contributed by atoms with E-state index in [-0.39, 0.29) is 0 Å². The maximum atomic E-state index is 9.22. The van der Waals surface area contributed by atoms with Gasteiger partial charge in [0.2, 0.25) is 0 Å². The van der Waals surface area contributed by atoms with Crippen LogP contribution in [0.2, 0.25) is 0 Å². The molecule has 0 aromatic rings. The normalized spacial score (nSPS) is 31.7. The van der Waals surface area contributed by atoms with Crippen molar-refractivity contribution in [2.45, 2.75) is 19.8 Å². The highest BCUT2D eigenvalue weighted by Crippen LogP contribution is 2.73. The second kappa shape index (κ2) is 2.63. The van der Waals surface area contributed by atoms with Gasteiger partial charge in [0.15, 0.2) is 10.8 Å². The van der Waals surface area contributed by atoms with Crippen molar-refractivity contribution in [1.82, 2.24) is 0 Å². The Hall–Kier alpha value is -2.30. The van der Waals surface area contributed by atoms with Crippen LogP contribution in [0.15, 0.2) is 11.6 Å². The molecule has 1 fully saturated rings. The molecule has 0 aliphatic heterocycles. The van der Waals surface area contributed by atoms with Crippen LogP contribution < -0.4 is 0 Å². The number of hydrogen-bond donors (Lipinski definition) is 0. The van der Waals surface area contributed by atoms with Crippen LogP contribution in [0, 0.1) is 61.6 Å². The predicted octanol–water partition coefficient (Wildman–Crippen LogP) is 1.79. The van der Waals surface area contributed by atoms with Crippen molar-refractivity contribution in [1.29, 1.82) is 21.0 Å². The van der Waals surface area contributed by atoms with Gasteiger partial charge in [-0.3, -0.25) is 0 Å². The van der Waals surface area contributed by atoms with Crippen molar-refractivity contribution in [3.63, 3.8) is 0 Å². The summed E-state index contributed by atoms with van der Waals surface area (Å²) in [6, 6.07) is 7.56. The molecule has 0 radical (unpaired) electrons. The third-order valence-electron chi connectivity index (χ3n) is 3.80. The minimum atomic E-state index is -1.50. The number of nitrogens with zero attached hydrogens (tertiary/aromatic N) is 4. The van der Waals surface area contributed by atoms with Crippen LogP contribution in [0.3, 0.4) is 0 Å². The molecule has 1 saturated carbocycles. The molecule has 1 spiro atoms. The summed E-state index contributed by atoms with van der Waals surface area (Å²) in [7, 11) is 0. The van der Waals surface area contributed by atoms with E-state index in [0.29, 0.717) is 12.8 Å². The van der Waals surface area contributed by atoms with Crippen LogP contribution in [-0.2, 0) is 0 Å². The average molecular weight is 208 g/mol. The monoisotopic (exact) mass is 208 g/mol. The van der Waals surface area contributed by atoms with E-state index in [1.54, 1.807) is 0 Å². The number of rotatable bonds is 0. The summed E-state index contributed by atoms with van der Waals surface area (Å²) in [4.78, 5) is 0. The van der Waals surface area contributed by atoms with Crippen LogP contribution >= 0.6 is 0 Å². The lowest BCUT2D eigenvalue weighted by atomic mass is 9.34. The fourth-order valence-corrected chi connectivity index (χ4v) is 3.06. The summed E-state index contributed by atoms with van der Waals surface area (Å²) < 4.78 is 0. The molecule has 4 nitrogen and oxygen atoms in total. The quantitative estimate of drug-likeness (QED) is 0.567. The lowest BCUT2D eigenvalue weighted by molar-refractivity contribution is -0.0506. The first-order valence-electron chi connectivity index (χ1n) is 4.89. The van der Waals surface area contributed by atoms with Gasteiger partial charge >= 0.3 is 0 Å². The van der Waals surface area contributed by atoms with Gasteiger partial charge in [0.1, 0.15) is 0 Å². The molecule has 0 saturated heterocycles. The zero-order valence-corrected chi connectivity index (χ0v) is 8.78. The van der Waals surface area contributed by atoms with Crippen LogP contribution in [0.1, 0.15) is 19.8 Å². The van der Waals surface area contributed by atoms with Crippen molar-refractivity contribution in [3.05, 3.63) is 11.6 Å². The van der Waals surface area contributed by atoms with Crippen LogP contribution in [0.4, 0.5) is 0 Å². The lowest BCUT2D eigenvalue weighted by Crippen LogP contribution is -2.65. The van der Waals surface area contributed by atoms with E-state index in [1.807, 2.05) is 37.3 Å². The zero-order valence-electron chi connectivity index (χ0n) is 8.78. The molecule has 0 aromatic heterocycles. The molecule has 1 atom stereocenters. The molecular weight excluding hydrogens is 200 g/mol. The van der Waals surface area contributed by atoms with Gasteiger partial charge in [0.05, 0.1) is 24.3 Å². The Balaban J connectivity index is 2.59. The Kier molecular flexibility index (Phi) is 1.68. The standard InChI is InChI=1S/C12H8N4/c1-9-2-10(3-9)4-11(5-13,6-14)12(10,7-15)8-16/h2H,3-4H2,1H3. The molecule has 4 heteroatoms. The van der Waals surface area contributed by atoms with Gasteiger partial charge in [-0.2, -0.15) is 21.0 Å². The van der Waals surface area contributed by atoms with Gasteiger partial charge in [-0.1, -0.05) is 11.6 Å². The summed E-state index contributed by atoms with van der Waals surface area (Å²) in [6.45, 7) is 1.92. The van der Waals surface area contributed by atoms with E-state index in [9.17, 15) is 10.5 Å². The molecule has 0 heterocycles. The first-order valence-corrected chi connectivity index (χ1v) is 4.89. The van der Waals surface area contributed by atoms with Gasteiger partial charge in [0, 0.05) is 5.41 Å². The number of allylic oxidation sites excluding steroid dienone is 2. The van der Waals surface area contributed by atoms with Crippen molar-refractivity contribution >= 4 is 0 Å². The number of nitriles is 4. The maximum absolute atomic E-state index is 9.22. The number of hydrogen-bond acceptors (Lipinski definition) is 4. The molecule has 76 valence electrons. The Morgan fingerprint density at radius 3 is 1.88 bits per heavy atom. The van der Waals surface area contributed by atoms with Crippen molar-refractivity contribution in [3.8, 4) is 24.3 Å². The zero-order chi connectivity index (χ0) is 12.0. The van der Waals surface area contributed by atoms with E-state index in [0.717, 1.165) is 5.57 Å².